The van der Waals surface area contributed by atoms with Crippen molar-refractivity contribution in [3.05, 3.63) is 18.2 Å². The van der Waals surface area contributed by atoms with Crippen LogP contribution in [0.5, 0.6) is 17.2 Å². The summed E-state index contributed by atoms with van der Waals surface area (Å²) < 4.78 is 10.0. The summed E-state index contributed by atoms with van der Waals surface area (Å²) in [5.41, 5.74) is 0. The number of rotatable bonds is 0. The van der Waals surface area contributed by atoms with Crippen molar-refractivity contribution in [2.45, 2.75) is 0 Å². The number of fused-ring (bicyclic) bond motifs is 1. The van der Waals surface area contributed by atoms with Gasteiger partial charge in [-0.25, -0.2) is 0 Å². The van der Waals surface area contributed by atoms with Crippen LogP contribution >= 0.6 is 0 Å². The monoisotopic (exact) mass is 161 g/mol. The van der Waals surface area contributed by atoms with E-state index >= 15 is 0 Å². The van der Waals surface area contributed by atoms with Crippen LogP contribution in [0.4, 0.5) is 0 Å². The first-order valence-electron chi connectivity index (χ1n) is 2.95. The predicted octanol–water partition coefficient (Wildman–Crippen LogP) is 0.740. The zero-order chi connectivity index (χ0) is 6.97. The summed E-state index contributed by atoms with van der Waals surface area (Å²) in [5, 5.41) is 8.96. The zero-order valence-electron chi connectivity index (χ0n) is 6.20. The molecule has 0 spiro atoms. The molecule has 1 heterocycles. The molecule has 0 saturated carbocycles. The topological polar surface area (TPSA) is 38.7 Å². The molecule has 1 aliphatic rings. The number of aromatic hydroxyl groups is 1. The van der Waals surface area contributed by atoms with Crippen molar-refractivity contribution in [2.75, 3.05) is 6.79 Å². The SMILES string of the molecule is Oc1ccc2c(c1)OCO2.[Na]. The number of phenolic OH excluding ortho intramolecular Hbond substituents is 1. The Morgan fingerprint density at radius 1 is 1.18 bits per heavy atom. The molecular weight excluding hydrogens is 155 g/mol. The largest absolute Gasteiger partial charge is 0.508 e. The Hall–Kier alpha value is -0.380. The molecule has 0 saturated heterocycles. The van der Waals surface area contributed by atoms with Crippen LogP contribution in [0.1, 0.15) is 0 Å². The molecule has 0 aliphatic carbocycles. The fourth-order valence-corrected chi connectivity index (χ4v) is 0.885. The number of phenols is 1. The molecule has 1 aliphatic heterocycles. The van der Waals surface area contributed by atoms with Crippen LogP contribution in [0.3, 0.4) is 0 Å². The summed E-state index contributed by atoms with van der Waals surface area (Å²) in [4.78, 5) is 0. The molecule has 1 aromatic carbocycles. The Morgan fingerprint density at radius 3 is 2.73 bits per heavy atom. The van der Waals surface area contributed by atoms with E-state index in [1.807, 2.05) is 0 Å². The molecule has 1 aromatic rings. The van der Waals surface area contributed by atoms with Gasteiger partial charge in [-0.05, 0) is 12.1 Å². The molecule has 11 heavy (non-hydrogen) atoms. The Balaban J connectivity index is 0.000000605. The van der Waals surface area contributed by atoms with Crippen LogP contribution < -0.4 is 9.47 Å². The second kappa shape index (κ2) is 3.34. The third-order valence-electron chi connectivity index (χ3n) is 1.36. The molecule has 2 rings (SSSR count). The predicted molar refractivity (Wildman–Crippen MR) is 40.0 cm³/mol. The summed E-state index contributed by atoms with van der Waals surface area (Å²) >= 11 is 0. The first-order chi connectivity index (χ1) is 4.86. The van der Waals surface area contributed by atoms with E-state index in [2.05, 4.69) is 0 Å². The average molecular weight is 161 g/mol. The van der Waals surface area contributed by atoms with Crippen LogP contribution in [0.15, 0.2) is 18.2 Å². The third kappa shape index (κ3) is 1.61. The number of ether oxygens (including phenoxy) is 2. The van der Waals surface area contributed by atoms with Gasteiger partial charge in [0.25, 0.3) is 0 Å². The Morgan fingerprint density at radius 2 is 1.91 bits per heavy atom. The van der Waals surface area contributed by atoms with Crippen LogP contribution in [-0.2, 0) is 0 Å². The van der Waals surface area contributed by atoms with Gasteiger partial charge in [0, 0.05) is 35.6 Å². The minimum Gasteiger partial charge on any atom is -0.508 e. The van der Waals surface area contributed by atoms with Gasteiger partial charge in [0.1, 0.15) is 5.75 Å². The molecular formula is C7H6NaO3. The zero-order valence-corrected chi connectivity index (χ0v) is 8.20. The maximum absolute atomic E-state index is 8.96. The summed E-state index contributed by atoms with van der Waals surface area (Å²) in [7, 11) is 0. The summed E-state index contributed by atoms with van der Waals surface area (Å²) in [6.07, 6.45) is 0. The van der Waals surface area contributed by atoms with Crippen molar-refractivity contribution >= 4 is 29.6 Å². The van der Waals surface area contributed by atoms with Crippen molar-refractivity contribution in [2.24, 2.45) is 0 Å². The number of hydrogen-bond donors (Lipinski definition) is 1. The molecule has 3 nitrogen and oxygen atoms in total. The Labute approximate surface area is 86.2 Å². The van der Waals surface area contributed by atoms with Crippen molar-refractivity contribution in [1.29, 1.82) is 0 Å². The second-order valence-corrected chi connectivity index (χ2v) is 2.04. The standard InChI is InChI=1S/C7H6O3.Na/c8-5-1-2-6-7(3-5)10-4-9-6;/h1-3,8H,4H2;. The summed E-state index contributed by atoms with van der Waals surface area (Å²) in [6.45, 7) is 0.249. The van der Waals surface area contributed by atoms with Crippen LogP contribution in [-0.4, -0.2) is 41.5 Å². The summed E-state index contributed by atoms with van der Waals surface area (Å²) in [5.74, 6) is 1.50. The van der Waals surface area contributed by atoms with E-state index in [1.54, 1.807) is 12.1 Å². The van der Waals surface area contributed by atoms with Gasteiger partial charge in [-0.2, -0.15) is 0 Å². The molecule has 1 radical (unpaired) electrons. The third-order valence-corrected chi connectivity index (χ3v) is 1.36. The van der Waals surface area contributed by atoms with Gasteiger partial charge in [-0.1, -0.05) is 0 Å². The molecule has 0 amide bonds. The van der Waals surface area contributed by atoms with Gasteiger partial charge in [0.15, 0.2) is 11.5 Å². The van der Waals surface area contributed by atoms with Crippen molar-refractivity contribution in [1.82, 2.24) is 0 Å². The minimum atomic E-state index is 0. The maximum Gasteiger partial charge on any atom is 0.231 e. The van der Waals surface area contributed by atoms with E-state index < -0.39 is 0 Å². The molecule has 0 fully saturated rings. The first-order valence-corrected chi connectivity index (χ1v) is 2.95. The summed E-state index contributed by atoms with van der Waals surface area (Å²) in [6, 6.07) is 4.77. The van der Waals surface area contributed by atoms with E-state index in [-0.39, 0.29) is 42.1 Å². The van der Waals surface area contributed by atoms with E-state index in [1.165, 1.54) is 6.07 Å². The van der Waals surface area contributed by atoms with Gasteiger partial charge in [-0.15, -0.1) is 0 Å². The second-order valence-electron chi connectivity index (χ2n) is 2.04. The minimum absolute atomic E-state index is 0. The molecule has 0 atom stereocenters. The van der Waals surface area contributed by atoms with Gasteiger partial charge in [0.05, 0.1) is 0 Å². The van der Waals surface area contributed by atoms with Crippen LogP contribution in [0.2, 0.25) is 0 Å². The Kier molecular flexibility index (Phi) is 2.65. The van der Waals surface area contributed by atoms with E-state index in [0.29, 0.717) is 11.5 Å². The molecule has 0 unspecified atom stereocenters. The fraction of sp³-hybridized carbons (Fsp3) is 0.143. The number of benzene rings is 1. The molecule has 4 heteroatoms. The first kappa shape index (κ1) is 8.71. The quantitative estimate of drug-likeness (QED) is 0.570. The van der Waals surface area contributed by atoms with Crippen LogP contribution in [0, 0.1) is 0 Å². The molecule has 0 bridgehead atoms. The van der Waals surface area contributed by atoms with E-state index in [9.17, 15) is 0 Å². The Bertz CT molecular complexity index is 262. The van der Waals surface area contributed by atoms with Gasteiger partial charge in [-0.3, -0.25) is 0 Å². The van der Waals surface area contributed by atoms with E-state index in [0.717, 1.165) is 0 Å². The van der Waals surface area contributed by atoms with Gasteiger partial charge in [0.2, 0.25) is 6.79 Å². The van der Waals surface area contributed by atoms with Gasteiger partial charge < -0.3 is 14.6 Å². The van der Waals surface area contributed by atoms with Crippen molar-refractivity contribution < 1.29 is 14.6 Å². The van der Waals surface area contributed by atoms with E-state index in [4.69, 9.17) is 14.6 Å². The molecule has 0 aromatic heterocycles. The maximum atomic E-state index is 8.96. The number of hydrogen-bond acceptors (Lipinski definition) is 3. The average Bonchev–Trinajstić information content (AvgIpc) is 2.33. The van der Waals surface area contributed by atoms with Crippen LogP contribution in [0.25, 0.3) is 0 Å². The smallest absolute Gasteiger partial charge is 0.231 e. The normalized spacial score (nSPS) is 12.4. The van der Waals surface area contributed by atoms with Gasteiger partial charge >= 0.3 is 0 Å². The van der Waals surface area contributed by atoms with Crippen molar-refractivity contribution in [3.63, 3.8) is 0 Å². The molecule has 53 valence electrons. The molecule has 1 N–H and O–H groups in total. The van der Waals surface area contributed by atoms with Crippen molar-refractivity contribution in [3.8, 4) is 17.2 Å². The fourth-order valence-electron chi connectivity index (χ4n) is 0.885.